The van der Waals surface area contributed by atoms with Gasteiger partial charge in [0, 0.05) is 50.0 Å². The fraction of sp³-hybridized carbons (Fsp3) is 0.538. The molecule has 0 amide bonds. The van der Waals surface area contributed by atoms with E-state index in [1.54, 1.807) is 6.20 Å². The number of anilines is 1. The standard InChI is InChI=1S/C13H11ClF4N4.Ar/c14-11-19-3-8-10(20-11)9(4-22(8)7-1-2-7)21-5-12(15,16)13(17,18)6-21;/h3-4,7H,1-2,5-6H2;. The molecule has 0 N–H and O–H groups in total. The van der Waals surface area contributed by atoms with Gasteiger partial charge in [0.2, 0.25) is 5.28 Å². The van der Waals surface area contributed by atoms with Gasteiger partial charge in [0.15, 0.2) is 0 Å². The van der Waals surface area contributed by atoms with Crippen LogP contribution >= 0.6 is 11.6 Å². The Balaban J connectivity index is 0.00000156. The second kappa shape index (κ2) is 5.61. The first-order valence-corrected chi connectivity index (χ1v) is 7.20. The third-order valence-corrected chi connectivity index (χ3v) is 4.30. The van der Waals surface area contributed by atoms with Crippen LogP contribution in [0.2, 0.25) is 5.28 Å². The molecule has 1 saturated heterocycles. The number of halogens is 5. The summed E-state index contributed by atoms with van der Waals surface area (Å²) in [5.41, 5.74) is 1.21. The summed E-state index contributed by atoms with van der Waals surface area (Å²) in [6, 6.07) is 0.240. The van der Waals surface area contributed by atoms with Gasteiger partial charge in [-0.15, -0.1) is 0 Å². The van der Waals surface area contributed by atoms with Gasteiger partial charge in [-0.05, 0) is 24.4 Å². The van der Waals surface area contributed by atoms with Gasteiger partial charge in [-0.2, -0.15) is 17.6 Å². The number of hydrogen-bond acceptors (Lipinski definition) is 3. The topological polar surface area (TPSA) is 34.0 Å². The van der Waals surface area contributed by atoms with Crippen LogP contribution in [-0.4, -0.2) is 39.5 Å². The molecule has 2 fully saturated rings. The molecular formula is C13H11ArClF4N4. The summed E-state index contributed by atoms with van der Waals surface area (Å²) in [5.74, 6) is -8.12. The minimum absolute atomic E-state index is 0. The van der Waals surface area contributed by atoms with Crippen molar-refractivity contribution < 1.29 is 55.3 Å². The zero-order valence-corrected chi connectivity index (χ0v) is 13.1. The monoisotopic (exact) mass is 374 g/mol. The molecule has 1 aliphatic heterocycles. The van der Waals surface area contributed by atoms with Crippen molar-refractivity contribution in [3.63, 3.8) is 0 Å². The van der Waals surface area contributed by atoms with Crippen LogP contribution < -0.4 is 4.90 Å². The minimum Gasteiger partial charge on any atom is -0.356 e. The molecule has 4 nitrogen and oxygen atoms in total. The molecule has 0 aromatic carbocycles. The predicted molar refractivity (Wildman–Crippen MR) is 72.9 cm³/mol. The number of rotatable bonds is 2. The molecule has 3 heterocycles. The summed E-state index contributed by atoms with van der Waals surface area (Å²) in [7, 11) is 0. The summed E-state index contributed by atoms with van der Waals surface area (Å²) in [4.78, 5) is 8.92. The molecule has 2 aromatic heterocycles. The largest absolute Gasteiger partial charge is 0.356 e. The Kier molecular flexibility index (Phi) is 4.27. The Bertz CT molecular complexity index is 746. The van der Waals surface area contributed by atoms with E-state index in [1.807, 2.05) is 4.57 Å². The first-order chi connectivity index (χ1) is 10.3. The number of alkyl halides is 4. The van der Waals surface area contributed by atoms with Crippen LogP contribution in [0.1, 0.15) is 18.9 Å². The fourth-order valence-corrected chi connectivity index (χ4v) is 2.95. The fourth-order valence-electron chi connectivity index (χ4n) is 2.82. The van der Waals surface area contributed by atoms with E-state index >= 15 is 0 Å². The molecule has 0 atom stereocenters. The second-order valence-electron chi connectivity index (χ2n) is 5.79. The van der Waals surface area contributed by atoms with Gasteiger partial charge in [-0.1, -0.05) is 0 Å². The number of fused-ring (bicyclic) bond motifs is 1. The van der Waals surface area contributed by atoms with E-state index in [9.17, 15) is 17.6 Å². The van der Waals surface area contributed by atoms with Crippen LogP contribution in [0.3, 0.4) is 0 Å². The first-order valence-electron chi connectivity index (χ1n) is 6.82. The molecule has 0 bridgehead atoms. The van der Waals surface area contributed by atoms with Crippen LogP contribution in [-0.2, 0) is 0 Å². The van der Waals surface area contributed by atoms with Crippen molar-refractivity contribution in [2.24, 2.45) is 0 Å². The van der Waals surface area contributed by atoms with E-state index in [2.05, 4.69) is 9.97 Å². The van der Waals surface area contributed by atoms with Crippen molar-refractivity contribution in [1.29, 1.82) is 0 Å². The predicted octanol–water partition coefficient (Wildman–Crippen LogP) is 3.51. The molecular weight excluding hydrogens is 364 g/mol. The molecule has 23 heavy (non-hydrogen) atoms. The smallest absolute Gasteiger partial charge is 0.329 e. The maximum absolute atomic E-state index is 13.5. The molecule has 0 radical (unpaired) electrons. The third-order valence-electron chi connectivity index (χ3n) is 4.12. The third kappa shape index (κ3) is 2.81. The average Bonchev–Trinajstić information content (AvgIpc) is 3.14. The van der Waals surface area contributed by atoms with E-state index in [0.717, 1.165) is 17.7 Å². The van der Waals surface area contributed by atoms with Gasteiger partial charge in [0.25, 0.3) is 0 Å². The second-order valence-corrected chi connectivity index (χ2v) is 6.13. The van der Waals surface area contributed by atoms with E-state index in [1.165, 1.54) is 6.20 Å². The average molecular weight is 375 g/mol. The Morgan fingerprint density at radius 1 is 1.13 bits per heavy atom. The Labute approximate surface area is 163 Å². The normalized spacial score (nSPS) is 22.4. The van der Waals surface area contributed by atoms with E-state index in [-0.39, 0.29) is 54.8 Å². The van der Waals surface area contributed by atoms with Crippen molar-refractivity contribution in [3.05, 3.63) is 17.7 Å². The summed E-state index contributed by atoms with van der Waals surface area (Å²) in [6.45, 7) is -2.07. The van der Waals surface area contributed by atoms with Gasteiger partial charge in [0.05, 0.1) is 30.5 Å². The van der Waals surface area contributed by atoms with Crippen molar-refractivity contribution in [2.75, 3.05) is 18.0 Å². The summed E-state index contributed by atoms with van der Waals surface area (Å²) in [5, 5.41) is -0.0417. The Morgan fingerprint density at radius 2 is 1.74 bits per heavy atom. The van der Waals surface area contributed by atoms with Crippen LogP contribution in [0.25, 0.3) is 11.0 Å². The van der Waals surface area contributed by atoms with Gasteiger partial charge in [-0.3, -0.25) is 0 Å². The molecule has 2 aromatic rings. The Hall–Kier alpha value is -0.310. The van der Waals surface area contributed by atoms with Crippen LogP contribution in [0, 0.1) is 37.7 Å². The summed E-state index contributed by atoms with van der Waals surface area (Å²) < 4.78 is 55.7. The number of nitrogens with zero attached hydrogens (tertiary/aromatic N) is 4. The molecule has 4 rings (SSSR count). The molecule has 2 aliphatic rings. The zero-order valence-electron chi connectivity index (χ0n) is 11.6. The van der Waals surface area contributed by atoms with Gasteiger partial charge >= 0.3 is 11.8 Å². The van der Waals surface area contributed by atoms with Gasteiger partial charge in [-0.25, -0.2) is 9.97 Å². The van der Waals surface area contributed by atoms with Crippen LogP contribution in [0.15, 0.2) is 12.4 Å². The van der Waals surface area contributed by atoms with Crippen LogP contribution in [0.5, 0.6) is 0 Å². The SMILES string of the molecule is FC1(F)CN(c2cn(C3CC3)c3cnc(Cl)nc23)CC1(F)F.[Ar]. The molecule has 0 unspecified atom stereocenters. The van der Waals surface area contributed by atoms with E-state index in [0.29, 0.717) is 11.0 Å². The van der Waals surface area contributed by atoms with Crippen LogP contribution in [0.4, 0.5) is 23.2 Å². The molecule has 10 heteroatoms. The quantitative estimate of drug-likeness (QED) is 0.596. The van der Waals surface area contributed by atoms with Gasteiger partial charge < -0.3 is 9.47 Å². The van der Waals surface area contributed by atoms with E-state index < -0.39 is 24.9 Å². The van der Waals surface area contributed by atoms with Crippen molar-refractivity contribution in [1.82, 2.24) is 14.5 Å². The van der Waals surface area contributed by atoms with Crippen molar-refractivity contribution in [2.45, 2.75) is 30.7 Å². The molecule has 1 aliphatic carbocycles. The number of aromatic nitrogens is 3. The Morgan fingerprint density at radius 3 is 2.30 bits per heavy atom. The first kappa shape index (κ1) is 17.5. The maximum atomic E-state index is 13.5. The minimum atomic E-state index is -4.06. The molecule has 126 valence electrons. The van der Waals surface area contributed by atoms with Crippen molar-refractivity contribution in [3.8, 4) is 0 Å². The summed E-state index contributed by atoms with van der Waals surface area (Å²) >= 11 is 5.77. The number of hydrogen-bond donors (Lipinski definition) is 0. The molecule has 0 spiro atoms. The van der Waals surface area contributed by atoms with E-state index in [4.69, 9.17) is 11.6 Å². The van der Waals surface area contributed by atoms with Gasteiger partial charge in [0.1, 0.15) is 5.52 Å². The van der Waals surface area contributed by atoms with Crippen molar-refractivity contribution >= 4 is 28.3 Å². The maximum Gasteiger partial charge on any atom is 0.329 e. The molecule has 1 saturated carbocycles. The summed E-state index contributed by atoms with van der Waals surface area (Å²) in [6.07, 6.45) is 5.01. The zero-order chi connectivity index (χ0) is 15.7.